The van der Waals surface area contributed by atoms with Gasteiger partial charge in [0.25, 0.3) is 16.8 Å². The van der Waals surface area contributed by atoms with Crippen LogP contribution in [-0.2, 0) is 17.9 Å². The molecular formula is C26H20BrIN2O6S. The Morgan fingerprint density at radius 2 is 1.84 bits per heavy atom. The van der Waals surface area contributed by atoms with Crippen molar-refractivity contribution < 1.29 is 24.0 Å². The lowest BCUT2D eigenvalue weighted by Gasteiger charge is -2.15. The van der Waals surface area contributed by atoms with Crippen molar-refractivity contribution >= 4 is 73.2 Å². The predicted molar refractivity (Wildman–Crippen MR) is 153 cm³/mol. The first-order valence-corrected chi connectivity index (χ1v) is 13.8. The van der Waals surface area contributed by atoms with Crippen LogP contribution >= 0.6 is 50.3 Å². The molecule has 3 aromatic rings. The minimum Gasteiger partial charge on any atom is -0.490 e. The standard InChI is InChI=1S/C26H20BrIN2O6S/c1-2-35-22-12-17(11-21(28)24(22)36-15-16-7-9-19(10-8-16)30(33)34)13-23-25(31)29(26(32)37-23)14-18-5-3-4-6-20(18)27/h3-13H,2,14-15H2,1H3/b23-13-. The number of nitro benzene ring substituents is 1. The number of benzene rings is 3. The van der Waals surface area contributed by atoms with E-state index < -0.39 is 4.92 Å². The van der Waals surface area contributed by atoms with E-state index in [2.05, 4.69) is 38.5 Å². The van der Waals surface area contributed by atoms with Gasteiger partial charge in [-0.25, -0.2) is 0 Å². The highest BCUT2D eigenvalue weighted by atomic mass is 127. The van der Waals surface area contributed by atoms with Gasteiger partial charge in [0.15, 0.2) is 11.5 Å². The third-order valence-corrected chi connectivity index (χ3v) is 7.80. The maximum Gasteiger partial charge on any atom is 0.293 e. The first kappa shape index (κ1) is 27.1. The first-order valence-electron chi connectivity index (χ1n) is 11.1. The van der Waals surface area contributed by atoms with Gasteiger partial charge < -0.3 is 9.47 Å². The normalized spacial score (nSPS) is 14.4. The summed E-state index contributed by atoms with van der Waals surface area (Å²) in [6, 6.07) is 17.2. The van der Waals surface area contributed by atoms with E-state index >= 15 is 0 Å². The number of amides is 2. The van der Waals surface area contributed by atoms with Crippen molar-refractivity contribution in [2.24, 2.45) is 0 Å². The summed E-state index contributed by atoms with van der Waals surface area (Å²) in [5.41, 5.74) is 2.32. The highest BCUT2D eigenvalue weighted by Gasteiger charge is 2.35. The fraction of sp³-hybridized carbons (Fsp3) is 0.154. The zero-order chi connectivity index (χ0) is 26.5. The first-order chi connectivity index (χ1) is 17.8. The molecule has 190 valence electrons. The topological polar surface area (TPSA) is 99.0 Å². The number of rotatable bonds is 9. The molecule has 0 N–H and O–H groups in total. The van der Waals surface area contributed by atoms with Crippen LogP contribution in [-0.4, -0.2) is 27.6 Å². The molecule has 0 aliphatic carbocycles. The Hall–Kier alpha value is -2.90. The second kappa shape index (κ2) is 12.1. The molecule has 1 fully saturated rings. The average molecular weight is 695 g/mol. The smallest absolute Gasteiger partial charge is 0.293 e. The van der Waals surface area contributed by atoms with Crippen LogP contribution in [0.25, 0.3) is 6.08 Å². The highest BCUT2D eigenvalue weighted by molar-refractivity contribution is 14.1. The maximum absolute atomic E-state index is 13.0. The third kappa shape index (κ3) is 6.51. The van der Waals surface area contributed by atoms with E-state index in [1.807, 2.05) is 37.3 Å². The third-order valence-electron chi connectivity index (χ3n) is 5.32. The Morgan fingerprint density at radius 3 is 2.51 bits per heavy atom. The molecule has 0 saturated carbocycles. The molecule has 2 amide bonds. The van der Waals surface area contributed by atoms with E-state index in [0.717, 1.165) is 30.9 Å². The minimum atomic E-state index is -0.450. The zero-order valence-corrected chi connectivity index (χ0v) is 24.0. The minimum absolute atomic E-state index is 0.0125. The number of non-ortho nitro benzene ring substituents is 1. The van der Waals surface area contributed by atoms with Gasteiger partial charge in [-0.3, -0.25) is 24.6 Å². The molecule has 4 rings (SSSR count). The van der Waals surface area contributed by atoms with Crippen molar-refractivity contribution in [3.63, 3.8) is 0 Å². The summed E-state index contributed by atoms with van der Waals surface area (Å²) in [4.78, 5) is 37.6. The molecular weight excluding hydrogens is 675 g/mol. The van der Waals surface area contributed by atoms with Crippen LogP contribution in [0.5, 0.6) is 11.5 Å². The van der Waals surface area contributed by atoms with E-state index in [9.17, 15) is 19.7 Å². The van der Waals surface area contributed by atoms with Crippen LogP contribution < -0.4 is 9.47 Å². The SMILES string of the molecule is CCOc1cc(/C=C2\SC(=O)N(Cc3ccccc3Br)C2=O)cc(I)c1OCc1ccc([N+](=O)[O-])cc1. The summed E-state index contributed by atoms with van der Waals surface area (Å²) in [7, 11) is 0. The van der Waals surface area contributed by atoms with Gasteiger partial charge in [-0.15, -0.1) is 0 Å². The second-order valence-corrected chi connectivity index (χ2v) is 10.8. The Labute approximate surface area is 239 Å². The monoisotopic (exact) mass is 694 g/mol. The fourth-order valence-electron chi connectivity index (χ4n) is 3.53. The summed E-state index contributed by atoms with van der Waals surface area (Å²) in [6.45, 7) is 2.63. The quantitative estimate of drug-likeness (QED) is 0.101. The molecule has 0 radical (unpaired) electrons. The molecule has 1 aliphatic heterocycles. The number of nitrogens with zero attached hydrogens (tertiary/aromatic N) is 2. The molecule has 0 spiro atoms. The maximum atomic E-state index is 13.0. The van der Waals surface area contributed by atoms with Crippen molar-refractivity contribution in [3.05, 3.63) is 100 Å². The van der Waals surface area contributed by atoms with Gasteiger partial charge in [0, 0.05) is 16.6 Å². The number of hydrogen-bond donors (Lipinski definition) is 0. The molecule has 1 aliphatic rings. The number of carbonyl (C=O) groups excluding carboxylic acids is 2. The number of imide groups is 1. The zero-order valence-electron chi connectivity index (χ0n) is 19.5. The summed E-state index contributed by atoms with van der Waals surface area (Å²) in [6.07, 6.45) is 1.68. The van der Waals surface area contributed by atoms with E-state index in [0.29, 0.717) is 28.6 Å². The summed E-state index contributed by atoms with van der Waals surface area (Å²) < 4.78 is 13.4. The Kier molecular flexibility index (Phi) is 8.87. The number of ether oxygens (including phenoxy) is 2. The Bertz CT molecular complexity index is 1400. The molecule has 11 heteroatoms. The van der Waals surface area contributed by atoms with Crippen LogP contribution in [0.15, 0.2) is 70.0 Å². The largest absolute Gasteiger partial charge is 0.490 e. The van der Waals surface area contributed by atoms with Crippen molar-refractivity contribution in [2.45, 2.75) is 20.1 Å². The van der Waals surface area contributed by atoms with Gasteiger partial charge in [-0.05, 0) is 94.4 Å². The second-order valence-electron chi connectivity index (χ2n) is 7.83. The molecule has 0 unspecified atom stereocenters. The van der Waals surface area contributed by atoms with Crippen molar-refractivity contribution in [3.8, 4) is 11.5 Å². The van der Waals surface area contributed by atoms with Crippen LogP contribution in [0.2, 0.25) is 0 Å². The lowest BCUT2D eigenvalue weighted by molar-refractivity contribution is -0.384. The lowest BCUT2D eigenvalue weighted by atomic mass is 10.1. The van der Waals surface area contributed by atoms with Gasteiger partial charge in [0.2, 0.25) is 0 Å². The van der Waals surface area contributed by atoms with Crippen molar-refractivity contribution in [2.75, 3.05) is 6.61 Å². The number of halogens is 2. The van der Waals surface area contributed by atoms with E-state index in [1.54, 1.807) is 24.3 Å². The van der Waals surface area contributed by atoms with E-state index in [1.165, 1.54) is 17.0 Å². The number of hydrogen-bond acceptors (Lipinski definition) is 7. The van der Waals surface area contributed by atoms with Gasteiger partial charge in [-0.2, -0.15) is 0 Å². The summed E-state index contributed by atoms with van der Waals surface area (Å²) in [5, 5.41) is 10.5. The van der Waals surface area contributed by atoms with Crippen LogP contribution in [0, 0.1) is 13.7 Å². The van der Waals surface area contributed by atoms with Crippen LogP contribution in [0.1, 0.15) is 23.6 Å². The Morgan fingerprint density at radius 1 is 1.11 bits per heavy atom. The van der Waals surface area contributed by atoms with Crippen LogP contribution in [0.4, 0.5) is 10.5 Å². The lowest BCUT2D eigenvalue weighted by Crippen LogP contribution is -2.27. The molecule has 0 bridgehead atoms. The number of carbonyl (C=O) groups is 2. The molecule has 8 nitrogen and oxygen atoms in total. The van der Waals surface area contributed by atoms with E-state index in [-0.39, 0.29) is 30.0 Å². The van der Waals surface area contributed by atoms with Gasteiger partial charge in [0.1, 0.15) is 6.61 Å². The van der Waals surface area contributed by atoms with Crippen LogP contribution in [0.3, 0.4) is 0 Å². The Balaban J connectivity index is 1.54. The average Bonchev–Trinajstić information content (AvgIpc) is 3.12. The van der Waals surface area contributed by atoms with Gasteiger partial charge in [0.05, 0.1) is 26.6 Å². The predicted octanol–water partition coefficient (Wildman–Crippen LogP) is 7.18. The van der Waals surface area contributed by atoms with Crippen molar-refractivity contribution in [1.29, 1.82) is 0 Å². The van der Waals surface area contributed by atoms with Gasteiger partial charge in [-0.1, -0.05) is 34.1 Å². The highest BCUT2D eigenvalue weighted by Crippen LogP contribution is 2.38. The van der Waals surface area contributed by atoms with Crippen molar-refractivity contribution in [1.82, 2.24) is 4.90 Å². The van der Waals surface area contributed by atoms with Gasteiger partial charge >= 0.3 is 0 Å². The fourth-order valence-corrected chi connectivity index (χ4v) is 5.56. The molecule has 0 atom stereocenters. The number of nitro groups is 1. The summed E-state index contributed by atoms with van der Waals surface area (Å²) in [5.74, 6) is 0.673. The number of thioether (sulfide) groups is 1. The molecule has 1 heterocycles. The van der Waals surface area contributed by atoms with E-state index in [4.69, 9.17) is 9.47 Å². The molecule has 3 aromatic carbocycles. The molecule has 0 aromatic heterocycles. The summed E-state index contributed by atoms with van der Waals surface area (Å²) >= 11 is 6.49. The molecule has 37 heavy (non-hydrogen) atoms. The molecule has 1 saturated heterocycles.